The van der Waals surface area contributed by atoms with Crippen molar-refractivity contribution in [1.82, 2.24) is 5.48 Å². The molecule has 1 amide bonds. The van der Waals surface area contributed by atoms with E-state index in [-0.39, 0.29) is 13.2 Å². The third kappa shape index (κ3) is 4.83. The highest BCUT2D eigenvalue weighted by Gasteiger charge is 2.00. The van der Waals surface area contributed by atoms with Gasteiger partial charge in [0.2, 0.25) is 0 Å². The maximum atomic E-state index is 11.0. The molecule has 0 spiro atoms. The Kier molecular flexibility index (Phi) is 4.97. The van der Waals surface area contributed by atoms with Crippen LogP contribution in [-0.4, -0.2) is 12.7 Å². The van der Waals surface area contributed by atoms with Gasteiger partial charge in [-0.25, -0.2) is 4.79 Å². The topological polar surface area (TPSA) is 47.6 Å². The minimum atomic E-state index is -0.610. The third-order valence-electron chi connectivity index (χ3n) is 1.57. The fraction of sp³-hybridized carbons (Fsp3) is 0.182. The highest BCUT2D eigenvalue weighted by molar-refractivity contribution is 5.65. The number of benzene rings is 1. The smallest absolute Gasteiger partial charge is 0.431 e. The van der Waals surface area contributed by atoms with Crippen LogP contribution in [-0.2, 0) is 16.2 Å². The van der Waals surface area contributed by atoms with Gasteiger partial charge in [-0.3, -0.25) is 4.84 Å². The first-order valence-corrected chi connectivity index (χ1v) is 4.52. The lowest BCUT2D eigenvalue weighted by molar-refractivity contribution is 0.0389. The van der Waals surface area contributed by atoms with Crippen LogP contribution < -0.4 is 5.48 Å². The van der Waals surface area contributed by atoms with Gasteiger partial charge in [0.15, 0.2) is 0 Å². The van der Waals surface area contributed by atoms with E-state index in [1.165, 1.54) is 6.08 Å². The molecular weight excluding hydrogens is 194 g/mol. The van der Waals surface area contributed by atoms with Gasteiger partial charge in [0.25, 0.3) is 0 Å². The zero-order valence-corrected chi connectivity index (χ0v) is 8.31. The summed E-state index contributed by atoms with van der Waals surface area (Å²) in [6, 6.07) is 9.40. The van der Waals surface area contributed by atoms with E-state index in [0.29, 0.717) is 0 Å². The Labute approximate surface area is 88.5 Å². The molecular formula is C11H13NO3. The molecule has 80 valence electrons. The van der Waals surface area contributed by atoms with E-state index in [9.17, 15) is 4.79 Å². The van der Waals surface area contributed by atoms with E-state index in [0.717, 1.165) is 5.56 Å². The first kappa shape index (κ1) is 11.3. The molecule has 0 saturated carbocycles. The molecule has 1 N–H and O–H groups in total. The molecule has 1 rings (SSSR count). The summed E-state index contributed by atoms with van der Waals surface area (Å²) in [5, 5.41) is 0. The molecule has 0 fully saturated rings. The van der Waals surface area contributed by atoms with Crippen LogP contribution >= 0.6 is 0 Å². The summed E-state index contributed by atoms with van der Waals surface area (Å²) < 4.78 is 4.87. The van der Waals surface area contributed by atoms with E-state index < -0.39 is 6.09 Å². The summed E-state index contributed by atoms with van der Waals surface area (Å²) >= 11 is 0. The van der Waals surface area contributed by atoms with Crippen molar-refractivity contribution in [3.63, 3.8) is 0 Å². The summed E-state index contributed by atoms with van der Waals surface area (Å²) in [4.78, 5) is 15.7. The van der Waals surface area contributed by atoms with Gasteiger partial charge in [0.1, 0.15) is 6.61 Å². The highest BCUT2D eigenvalue weighted by atomic mass is 16.7. The number of hydrogen-bond donors (Lipinski definition) is 1. The van der Waals surface area contributed by atoms with E-state index in [1.54, 1.807) is 0 Å². The molecule has 0 radical (unpaired) electrons. The molecule has 1 aromatic rings. The average Bonchev–Trinajstić information content (AvgIpc) is 2.28. The summed E-state index contributed by atoms with van der Waals surface area (Å²) in [5.41, 5.74) is 3.05. The van der Waals surface area contributed by atoms with Crippen molar-refractivity contribution < 1.29 is 14.4 Å². The first-order valence-electron chi connectivity index (χ1n) is 4.52. The van der Waals surface area contributed by atoms with Crippen LogP contribution in [0.1, 0.15) is 5.56 Å². The summed E-state index contributed by atoms with van der Waals surface area (Å²) in [5.74, 6) is 0. The van der Waals surface area contributed by atoms with Gasteiger partial charge in [-0.05, 0) is 5.56 Å². The van der Waals surface area contributed by atoms with E-state index >= 15 is 0 Å². The second-order valence-electron chi connectivity index (χ2n) is 2.76. The third-order valence-corrected chi connectivity index (χ3v) is 1.57. The van der Waals surface area contributed by atoms with Crippen LogP contribution in [0, 0.1) is 0 Å². The highest BCUT2D eigenvalue weighted by Crippen LogP contribution is 2.00. The molecule has 1 aromatic carbocycles. The predicted molar refractivity (Wildman–Crippen MR) is 55.9 cm³/mol. The Bertz CT molecular complexity index is 311. The van der Waals surface area contributed by atoms with E-state index in [2.05, 4.69) is 12.1 Å². The van der Waals surface area contributed by atoms with Crippen molar-refractivity contribution in [1.29, 1.82) is 0 Å². The number of hydroxylamine groups is 1. The maximum Gasteiger partial charge on any atom is 0.431 e. The molecule has 0 bridgehead atoms. The Morgan fingerprint density at radius 1 is 1.40 bits per heavy atom. The molecule has 0 atom stereocenters. The molecule has 0 aliphatic heterocycles. The van der Waals surface area contributed by atoms with Crippen molar-refractivity contribution in [2.75, 3.05) is 6.61 Å². The molecule has 0 aliphatic carbocycles. The first-order chi connectivity index (χ1) is 7.33. The van der Waals surface area contributed by atoms with Crippen LogP contribution in [0.5, 0.6) is 0 Å². The maximum absolute atomic E-state index is 11.0. The standard InChI is InChI=1S/C11H13NO3/c1-2-8-15-12-11(13)14-9-10-6-4-3-5-7-10/h2-7H,1,8-9H2,(H,12,13). The number of rotatable bonds is 5. The zero-order valence-electron chi connectivity index (χ0n) is 8.31. The number of carbonyl (C=O) groups is 1. The zero-order chi connectivity index (χ0) is 10.9. The second kappa shape index (κ2) is 6.62. The van der Waals surface area contributed by atoms with E-state index in [1.807, 2.05) is 30.3 Å². The molecule has 0 saturated heterocycles. The fourth-order valence-electron chi connectivity index (χ4n) is 0.912. The molecule has 4 nitrogen and oxygen atoms in total. The molecule has 0 aromatic heterocycles. The van der Waals surface area contributed by atoms with Crippen LogP contribution in [0.4, 0.5) is 4.79 Å². The van der Waals surface area contributed by atoms with Crippen LogP contribution in [0.2, 0.25) is 0 Å². The second-order valence-corrected chi connectivity index (χ2v) is 2.76. The van der Waals surface area contributed by atoms with Crippen LogP contribution in [0.25, 0.3) is 0 Å². The molecule has 0 aliphatic rings. The van der Waals surface area contributed by atoms with Gasteiger partial charge in [-0.15, -0.1) is 6.58 Å². The number of ether oxygens (including phenoxy) is 1. The number of amides is 1. The van der Waals surface area contributed by atoms with Crippen molar-refractivity contribution >= 4 is 6.09 Å². The monoisotopic (exact) mass is 207 g/mol. The van der Waals surface area contributed by atoms with Gasteiger partial charge in [-0.1, -0.05) is 36.4 Å². The Hall–Kier alpha value is -1.81. The lowest BCUT2D eigenvalue weighted by Gasteiger charge is -2.05. The lowest BCUT2D eigenvalue weighted by atomic mass is 10.2. The van der Waals surface area contributed by atoms with Gasteiger partial charge in [0, 0.05) is 0 Å². The van der Waals surface area contributed by atoms with Gasteiger partial charge in [-0.2, -0.15) is 5.48 Å². The van der Waals surface area contributed by atoms with Crippen molar-refractivity contribution in [3.8, 4) is 0 Å². The van der Waals surface area contributed by atoms with Crippen molar-refractivity contribution in [3.05, 3.63) is 48.6 Å². The summed E-state index contributed by atoms with van der Waals surface area (Å²) in [6.07, 6.45) is 0.915. The van der Waals surface area contributed by atoms with Gasteiger partial charge < -0.3 is 4.74 Å². The molecule has 0 unspecified atom stereocenters. The number of hydrogen-bond acceptors (Lipinski definition) is 3. The summed E-state index contributed by atoms with van der Waals surface area (Å²) in [6.45, 7) is 3.91. The van der Waals surface area contributed by atoms with Crippen LogP contribution in [0.3, 0.4) is 0 Å². The predicted octanol–water partition coefficient (Wildman–Crippen LogP) is 2.03. The number of nitrogens with one attached hydrogen (secondary N) is 1. The van der Waals surface area contributed by atoms with Crippen LogP contribution in [0.15, 0.2) is 43.0 Å². The van der Waals surface area contributed by atoms with Gasteiger partial charge >= 0.3 is 6.09 Å². The minimum Gasteiger partial charge on any atom is -0.443 e. The Morgan fingerprint density at radius 2 is 2.13 bits per heavy atom. The molecule has 15 heavy (non-hydrogen) atoms. The minimum absolute atomic E-state index is 0.226. The van der Waals surface area contributed by atoms with Crippen molar-refractivity contribution in [2.24, 2.45) is 0 Å². The fourth-order valence-corrected chi connectivity index (χ4v) is 0.912. The Balaban J connectivity index is 2.20. The molecule has 0 heterocycles. The quantitative estimate of drug-likeness (QED) is 0.456. The normalized spacial score (nSPS) is 9.33. The Morgan fingerprint density at radius 3 is 2.80 bits per heavy atom. The lowest BCUT2D eigenvalue weighted by Crippen LogP contribution is -2.24. The van der Waals surface area contributed by atoms with E-state index in [4.69, 9.17) is 9.57 Å². The average molecular weight is 207 g/mol. The molecule has 4 heteroatoms. The van der Waals surface area contributed by atoms with Crippen molar-refractivity contribution in [2.45, 2.75) is 6.61 Å². The number of carbonyl (C=O) groups excluding carboxylic acids is 1. The SMILES string of the molecule is C=CCONC(=O)OCc1ccccc1. The summed E-state index contributed by atoms with van der Waals surface area (Å²) in [7, 11) is 0. The van der Waals surface area contributed by atoms with Gasteiger partial charge in [0.05, 0.1) is 6.61 Å². The largest absolute Gasteiger partial charge is 0.443 e.